The molecule has 0 atom stereocenters. The van der Waals surface area contributed by atoms with Gasteiger partial charge in [0, 0.05) is 44.7 Å². The predicted molar refractivity (Wildman–Crippen MR) is 72.3 cm³/mol. The maximum absolute atomic E-state index is 13.6. The van der Waals surface area contributed by atoms with Gasteiger partial charge >= 0.3 is 0 Å². The monoisotopic (exact) mass is 324 g/mol. The Kier molecular flexibility index (Phi) is 4.95. The molecule has 1 aromatic carbocycles. The summed E-state index contributed by atoms with van der Waals surface area (Å²) in [6.45, 7) is 2.34. The summed E-state index contributed by atoms with van der Waals surface area (Å²) in [4.78, 5) is 1.56. The normalized spacial score (nSPS) is 18.4. The quantitative estimate of drug-likeness (QED) is 0.788. The van der Waals surface area contributed by atoms with Crippen LogP contribution in [0, 0.1) is 11.6 Å². The summed E-state index contributed by atoms with van der Waals surface area (Å²) < 4.78 is 52.3. The minimum Gasteiger partial charge on any atom is -0.300 e. The molecule has 112 valence electrons. The van der Waals surface area contributed by atoms with Crippen molar-refractivity contribution in [2.45, 2.75) is 4.90 Å². The molecule has 0 aromatic heterocycles. The molecule has 0 unspecified atom stereocenters. The molecular formula is C12H15ClF2N2O2S. The molecule has 0 saturated carbocycles. The lowest BCUT2D eigenvalue weighted by Gasteiger charge is -2.33. The second kappa shape index (κ2) is 6.34. The van der Waals surface area contributed by atoms with Crippen molar-refractivity contribution in [1.29, 1.82) is 0 Å². The van der Waals surface area contributed by atoms with Crippen LogP contribution in [0.5, 0.6) is 0 Å². The molecule has 0 N–H and O–H groups in total. The molecule has 8 heteroatoms. The Labute approximate surface area is 122 Å². The summed E-state index contributed by atoms with van der Waals surface area (Å²) in [7, 11) is -3.92. The van der Waals surface area contributed by atoms with Crippen LogP contribution >= 0.6 is 11.6 Å². The summed E-state index contributed by atoms with van der Waals surface area (Å²) in [6.07, 6.45) is 0. The van der Waals surface area contributed by atoms with Crippen molar-refractivity contribution < 1.29 is 17.2 Å². The van der Waals surface area contributed by atoms with Gasteiger partial charge < -0.3 is 0 Å². The molecule has 1 aliphatic rings. The number of sulfonamides is 1. The van der Waals surface area contributed by atoms with Crippen molar-refractivity contribution in [2.24, 2.45) is 0 Å². The van der Waals surface area contributed by atoms with Gasteiger partial charge in [-0.15, -0.1) is 11.6 Å². The molecule has 1 aliphatic heterocycles. The fourth-order valence-electron chi connectivity index (χ4n) is 2.14. The fourth-order valence-corrected chi connectivity index (χ4v) is 3.84. The second-order valence-electron chi connectivity index (χ2n) is 4.51. The number of rotatable bonds is 4. The van der Waals surface area contributed by atoms with Crippen molar-refractivity contribution in [3.63, 3.8) is 0 Å². The molecule has 1 aromatic rings. The van der Waals surface area contributed by atoms with E-state index in [1.54, 1.807) is 0 Å². The van der Waals surface area contributed by atoms with Crippen LogP contribution < -0.4 is 0 Å². The highest BCUT2D eigenvalue weighted by Gasteiger charge is 2.30. The van der Waals surface area contributed by atoms with Crippen LogP contribution in [0.3, 0.4) is 0 Å². The number of hydrogen-bond acceptors (Lipinski definition) is 3. The minimum atomic E-state index is -3.92. The molecular weight excluding hydrogens is 310 g/mol. The van der Waals surface area contributed by atoms with Gasteiger partial charge in [-0.1, -0.05) is 0 Å². The van der Waals surface area contributed by atoms with Crippen LogP contribution in [0.2, 0.25) is 0 Å². The van der Waals surface area contributed by atoms with Crippen LogP contribution in [0.15, 0.2) is 23.1 Å². The summed E-state index contributed by atoms with van der Waals surface area (Å²) in [5.74, 6) is -1.37. The smallest absolute Gasteiger partial charge is 0.246 e. The molecule has 20 heavy (non-hydrogen) atoms. The Morgan fingerprint density at radius 2 is 1.80 bits per heavy atom. The molecule has 0 amide bonds. The lowest BCUT2D eigenvalue weighted by molar-refractivity contribution is 0.197. The maximum Gasteiger partial charge on any atom is 0.246 e. The number of nitrogens with zero attached hydrogens (tertiary/aromatic N) is 2. The van der Waals surface area contributed by atoms with E-state index in [1.165, 1.54) is 4.31 Å². The molecule has 0 spiro atoms. The summed E-state index contributed by atoms with van der Waals surface area (Å²) in [6, 6.07) is 2.49. The minimum absolute atomic E-state index is 0.274. The van der Waals surface area contributed by atoms with Crippen molar-refractivity contribution >= 4 is 21.6 Å². The Balaban J connectivity index is 2.15. The van der Waals surface area contributed by atoms with Gasteiger partial charge in [0.1, 0.15) is 16.5 Å². The molecule has 1 fully saturated rings. The Bertz CT molecular complexity index is 575. The van der Waals surface area contributed by atoms with Crippen molar-refractivity contribution in [3.05, 3.63) is 29.8 Å². The highest BCUT2D eigenvalue weighted by molar-refractivity contribution is 7.89. The largest absolute Gasteiger partial charge is 0.300 e. The Morgan fingerprint density at radius 1 is 1.15 bits per heavy atom. The van der Waals surface area contributed by atoms with Gasteiger partial charge in [-0.3, -0.25) is 4.90 Å². The zero-order valence-corrected chi connectivity index (χ0v) is 12.3. The lowest BCUT2D eigenvalue weighted by atomic mass is 10.3. The number of alkyl halides is 1. The average molecular weight is 325 g/mol. The number of piperazine rings is 1. The fraction of sp³-hybridized carbons (Fsp3) is 0.500. The van der Waals surface area contributed by atoms with Crippen LogP contribution in [0.25, 0.3) is 0 Å². The Hall–Kier alpha value is -0.760. The van der Waals surface area contributed by atoms with E-state index in [9.17, 15) is 17.2 Å². The van der Waals surface area contributed by atoms with Crippen LogP contribution in [0.4, 0.5) is 8.78 Å². The van der Waals surface area contributed by atoms with Crippen LogP contribution in [-0.2, 0) is 10.0 Å². The van der Waals surface area contributed by atoms with Gasteiger partial charge in [-0.25, -0.2) is 17.2 Å². The van der Waals surface area contributed by atoms with E-state index in [1.807, 2.05) is 4.90 Å². The first kappa shape index (κ1) is 15.6. The summed E-state index contributed by atoms with van der Waals surface area (Å²) in [5, 5.41) is 0. The third-order valence-electron chi connectivity index (χ3n) is 3.24. The van der Waals surface area contributed by atoms with Gasteiger partial charge in [0.05, 0.1) is 0 Å². The van der Waals surface area contributed by atoms with E-state index in [4.69, 9.17) is 11.6 Å². The first-order chi connectivity index (χ1) is 9.45. The first-order valence-corrected chi connectivity index (χ1v) is 8.16. The topological polar surface area (TPSA) is 40.6 Å². The molecule has 0 aliphatic carbocycles. The van der Waals surface area contributed by atoms with E-state index in [0.29, 0.717) is 31.6 Å². The number of halogens is 3. The molecule has 1 saturated heterocycles. The third-order valence-corrected chi connectivity index (χ3v) is 5.34. The molecule has 2 rings (SSSR count). The first-order valence-electron chi connectivity index (χ1n) is 6.18. The molecule has 0 radical (unpaired) electrons. The van der Waals surface area contributed by atoms with Crippen molar-refractivity contribution in [3.8, 4) is 0 Å². The third kappa shape index (κ3) is 3.28. The van der Waals surface area contributed by atoms with Crippen molar-refractivity contribution in [2.75, 3.05) is 38.6 Å². The van der Waals surface area contributed by atoms with E-state index in [2.05, 4.69) is 0 Å². The SMILES string of the molecule is O=S(=O)(c1ccc(F)cc1F)N1CCN(CCCl)CC1. The van der Waals surface area contributed by atoms with Gasteiger partial charge in [0.2, 0.25) is 10.0 Å². The summed E-state index contributed by atoms with van der Waals surface area (Å²) >= 11 is 5.63. The maximum atomic E-state index is 13.6. The van der Waals surface area contributed by atoms with Gasteiger partial charge in [0.15, 0.2) is 0 Å². The zero-order valence-electron chi connectivity index (χ0n) is 10.7. The van der Waals surface area contributed by atoms with Crippen molar-refractivity contribution in [1.82, 2.24) is 9.21 Å². The molecule has 0 bridgehead atoms. The van der Waals surface area contributed by atoms with Gasteiger partial charge in [0.25, 0.3) is 0 Å². The highest BCUT2D eigenvalue weighted by atomic mass is 35.5. The number of benzene rings is 1. The standard InChI is InChI=1S/C12H15ClF2N2O2S/c13-3-4-16-5-7-17(8-6-16)20(18,19)12-2-1-10(14)9-11(12)15/h1-2,9H,3-8H2. The van der Waals surface area contributed by atoms with E-state index < -0.39 is 26.6 Å². The second-order valence-corrected chi connectivity index (χ2v) is 6.79. The van der Waals surface area contributed by atoms with Gasteiger partial charge in [-0.2, -0.15) is 4.31 Å². The van der Waals surface area contributed by atoms with Crippen LogP contribution in [-0.4, -0.2) is 56.2 Å². The highest BCUT2D eigenvalue weighted by Crippen LogP contribution is 2.21. The van der Waals surface area contributed by atoms with E-state index in [-0.39, 0.29) is 13.1 Å². The molecule has 4 nitrogen and oxygen atoms in total. The Morgan fingerprint density at radius 3 is 2.35 bits per heavy atom. The van der Waals surface area contributed by atoms with Gasteiger partial charge in [-0.05, 0) is 12.1 Å². The average Bonchev–Trinajstić information content (AvgIpc) is 2.39. The van der Waals surface area contributed by atoms with E-state index >= 15 is 0 Å². The zero-order chi connectivity index (χ0) is 14.8. The van der Waals surface area contributed by atoms with E-state index in [0.717, 1.165) is 12.1 Å². The molecule has 1 heterocycles. The number of hydrogen-bond donors (Lipinski definition) is 0. The summed E-state index contributed by atoms with van der Waals surface area (Å²) in [5.41, 5.74) is 0. The van der Waals surface area contributed by atoms with Crippen LogP contribution in [0.1, 0.15) is 0 Å². The lowest BCUT2D eigenvalue weighted by Crippen LogP contribution is -2.49. The predicted octanol–water partition coefficient (Wildman–Crippen LogP) is 1.51.